The lowest BCUT2D eigenvalue weighted by Crippen LogP contribution is -2.23. The number of nitrogens with one attached hydrogen (secondary N) is 1. The molecule has 0 saturated heterocycles. The molecule has 0 spiro atoms. The van der Waals surface area contributed by atoms with Crippen LogP contribution in [-0.4, -0.2) is 26.4 Å². The summed E-state index contributed by atoms with van der Waals surface area (Å²) in [5.41, 5.74) is 1.11. The van der Waals surface area contributed by atoms with Gasteiger partial charge in [0, 0.05) is 18.8 Å². The third-order valence-corrected chi connectivity index (χ3v) is 2.56. The van der Waals surface area contributed by atoms with Gasteiger partial charge in [0.1, 0.15) is 5.75 Å². The molecule has 1 aromatic carbocycles. The minimum atomic E-state index is 0.363. The van der Waals surface area contributed by atoms with Gasteiger partial charge in [-0.05, 0) is 37.1 Å². The van der Waals surface area contributed by atoms with E-state index in [-0.39, 0.29) is 0 Å². The van der Waals surface area contributed by atoms with Crippen molar-refractivity contribution >= 4 is 5.69 Å². The maximum atomic E-state index is 5.54. The molecule has 0 aliphatic rings. The summed E-state index contributed by atoms with van der Waals surface area (Å²) >= 11 is 0. The number of rotatable bonds is 8. The van der Waals surface area contributed by atoms with Gasteiger partial charge >= 0.3 is 0 Å². The lowest BCUT2D eigenvalue weighted by atomic mass is 10.2. The number of benzene rings is 1. The lowest BCUT2D eigenvalue weighted by molar-refractivity contribution is 0.184. The van der Waals surface area contributed by atoms with Crippen molar-refractivity contribution in [2.45, 2.75) is 32.7 Å². The van der Waals surface area contributed by atoms with Crippen LogP contribution in [0.15, 0.2) is 24.3 Å². The molecule has 96 valence electrons. The van der Waals surface area contributed by atoms with Crippen molar-refractivity contribution < 1.29 is 9.47 Å². The van der Waals surface area contributed by atoms with Crippen LogP contribution >= 0.6 is 0 Å². The Morgan fingerprint density at radius 1 is 1.18 bits per heavy atom. The van der Waals surface area contributed by atoms with Crippen molar-refractivity contribution in [3.8, 4) is 5.75 Å². The van der Waals surface area contributed by atoms with Gasteiger partial charge < -0.3 is 14.8 Å². The molecule has 0 heterocycles. The summed E-state index contributed by atoms with van der Waals surface area (Å²) in [5.74, 6) is 0.928. The van der Waals surface area contributed by atoms with Crippen molar-refractivity contribution in [3.63, 3.8) is 0 Å². The lowest BCUT2D eigenvalue weighted by Gasteiger charge is -2.17. The molecule has 3 heteroatoms. The fraction of sp³-hybridized carbons (Fsp3) is 0.571. The Morgan fingerprint density at radius 2 is 1.88 bits per heavy atom. The first-order valence-electron chi connectivity index (χ1n) is 6.28. The average molecular weight is 237 g/mol. The molecule has 1 atom stereocenters. The van der Waals surface area contributed by atoms with Gasteiger partial charge in [0.25, 0.3) is 0 Å². The predicted molar refractivity (Wildman–Crippen MR) is 71.8 cm³/mol. The standard InChI is InChI=1S/C14H23NO2/c1-4-10-17-14-8-6-13(7-9-14)15-12(5-2)11-16-3/h6-9,12,15H,4-5,10-11H2,1-3H3. The molecule has 0 radical (unpaired) electrons. The van der Waals surface area contributed by atoms with Crippen LogP contribution < -0.4 is 10.1 Å². The zero-order chi connectivity index (χ0) is 12.5. The molecular weight excluding hydrogens is 214 g/mol. The second-order valence-electron chi connectivity index (χ2n) is 4.08. The Balaban J connectivity index is 2.49. The van der Waals surface area contributed by atoms with E-state index in [0.717, 1.165) is 37.5 Å². The summed E-state index contributed by atoms with van der Waals surface area (Å²) in [6.07, 6.45) is 2.08. The van der Waals surface area contributed by atoms with E-state index < -0.39 is 0 Å². The molecule has 0 bridgehead atoms. The third-order valence-electron chi connectivity index (χ3n) is 2.56. The molecule has 0 amide bonds. The van der Waals surface area contributed by atoms with E-state index in [1.54, 1.807) is 7.11 Å². The van der Waals surface area contributed by atoms with Gasteiger partial charge in [-0.2, -0.15) is 0 Å². The average Bonchev–Trinajstić information content (AvgIpc) is 2.37. The molecule has 0 aromatic heterocycles. The van der Waals surface area contributed by atoms with E-state index in [4.69, 9.17) is 9.47 Å². The Hall–Kier alpha value is -1.22. The van der Waals surface area contributed by atoms with Gasteiger partial charge in [0.05, 0.1) is 13.2 Å². The highest BCUT2D eigenvalue weighted by Crippen LogP contribution is 2.17. The number of hydrogen-bond acceptors (Lipinski definition) is 3. The smallest absolute Gasteiger partial charge is 0.119 e. The first-order chi connectivity index (χ1) is 8.30. The van der Waals surface area contributed by atoms with Crippen molar-refractivity contribution in [2.75, 3.05) is 25.6 Å². The van der Waals surface area contributed by atoms with E-state index in [2.05, 4.69) is 19.2 Å². The first kappa shape index (κ1) is 13.8. The monoisotopic (exact) mass is 237 g/mol. The van der Waals surface area contributed by atoms with Crippen molar-refractivity contribution in [2.24, 2.45) is 0 Å². The second-order valence-corrected chi connectivity index (χ2v) is 4.08. The van der Waals surface area contributed by atoms with Crippen LogP contribution in [0.1, 0.15) is 26.7 Å². The van der Waals surface area contributed by atoms with E-state index in [1.165, 1.54) is 0 Å². The van der Waals surface area contributed by atoms with Crippen LogP contribution in [0.2, 0.25) is 0 Å². The summed E-state index contributed by atoms with van der Waals surface area (Å²) in [6.45, 7) is 5.75. The van der Waals surface area contributed by atoms with Crippen molar-refractivity contribution in [3.05, 3.63) is 24.3 Å². The van der Waals surface area contributed by atoms with Crippen LogP contribution in [0.5, 0.6) is 5.75 Å². The summed E-state index contributed by atoms with van der Waals surface area (Å²) in [5, 5.41) is 3.43. The normalized spacial score (nSPS) is 12.2. The molecule has 1 aromatic rings. The van der Waals surface area contributed by atoms with Gasteiger partial charge in [-0.25, -0.2) is 0 Å². The molecule has 3 nitrogen and oxygen atoms in total. The van der Waals surface area contributed by atoms with Crippen LogP contribution in [0.4, 0.5) is 5.69 Å². The molecule has 0 aliphatic heterocycles. The predicted octanol–water partition coefficient (Wildman–Crippen LogP) is 3.31. The summed E-state index contributed by atoms with van der Waals surface area (Å²) in [6, 6.07) is 8.45. The Labute approximate surface area is 104 Å². The Kier molecular flexibility index (Phi) is 6.48. The molecule has 0 saturated carbocycles. The summed E-state index contributed by atoms with van der Waals surface area (Å²) < 4.78 is 10.7. The zero-order valence-electron chi connectivity index (χ0n) is 11.0. The SMILES string of the molecule is CCCOc1ccc(NC(CC)COC)cc1. The number of hydrogen-bond donors (Lipinski definition) is 1. The quantitative estimate of drug-likeness (QED) is 0.752. The summed E-state index contributed by atoms with van der Waals surface area (Å²) in [7, 11) is 1.73. The highest BCUT2D eigenvalue weighted by molar-refractivity contribution is 5.47. The molecular formula is C14H23NO2. The molecule has 17 heavy (non-hydrogen) atoms. The van der Waals surface area contributed by atoms with Crippen LogP contribution in [0.25, 0.3) is 0 Å². The fourth-order valence-electron chi connectivity index (χ4n) is 1.57. The van der Waals surface area contributed by atoms with Gasteiger partial charge in [-0.3, -0.25) is 0 Å². The Bertz CT molecular complexity index is 298. The Morgan fingerprint density at radius 3 is 2.41 bits per heavy atom. The molecule has 1 N–H and O–H groups in total. The zero-order valence-corrected chi connectivity index (χ0v) is 11.0. The molecule has 1 rings (SSSR count). The minimum Gasteiger partial charge on any atom is -0.494 e. The van der Waals surface area contributed by atoms with Gasteiger partial charge in [-0.1, -0.05) is 13.8 Å². The third kappa shape index (κ3) is 5.09. The second kappa shape index (κ2) is 7.96. The number of ether oxygens (including phenoxy) is 2. The fourth-order valence-corrected chi connectivity index (χ4v) is 1.57. The number of methoxy groups -OCH3 is 1. The number of anilines is 1. The maximum Gasteiger partial charge on any atom is 0.119 e. The van der Waals surface area contributed by atoms with Crippen molar-refractivity contribution in [1.29, 1.82) is 0 Å². The van der Waals surface area contributed by atoms with Crippen LogP contribution in [-0.2, 0) is 4.74 Å². The van der Waals surface area contributed by atoms with Crippen molar-refractivity contribution in [1.82, 2.24) is 0 Å². The van der Waals surface area contributed by atoms with Gasteiger partial charge in [0.15, 0.2) is 0 Å². The van der Waals surface area contributed by atoms with Gasteiger partial charge in [-0.15, -0.1) is 0 Å². The van der Waals surface area contributed by atoms with E-state index in [9.17, 15) is 0 Å². The highest BCUT2D eigenvalue weighted by atomic mass is 16.5. The van der Waals surface area contributed by atoms with Crippen LogP contribution in [0.3, 0.4) is 0 Å². The summed E-state index contributed by atoms with van der Waals surface area (Å²) in [4.78, 5) is 0. The maximum absolute atomic E-state index is 5.54. The van der Waals surface area contributed by atoms with E-state index in [1.807, 2.05) is 24.3 Å². The van der Waals surface area contributed by atoms with E-state index in [0.29, 0.717) is 6.04 Å². The minimum absolute atomic E-state index is 0.363. The molecule has 1 unspecified atom stereocenters. The molecule has 0 fully saturated rings. The van der Waals surface area contributed by atoms with Gasteiger partial charge in [0.2, 0.25) is 0 Å². The molecule has 0 aliphatic carbocycles. The van der Waals surface area contributed by atoms with Crippen LogP contribution in [0, 0.1) is 0 Å². The van der Waals surface area contributed by atoms with E-state index >= 15 is 0 Å². The first-order valence-corrected chi connectivity index (χ1v) is 6.28. The highest BCUT2D eigenvalue weighted by Gasteiger charge is 2.05. The largest absolute Gasteiger partial charge is 0.494 e. The topological polar surface area (TPSA) is 30.5 Å².